The summed E-state index contributed by atoms with van der Waals surface area (Å²) in [6.07, 6.45) is 8.64. The highest BCUT2D eigenvalue weighted by atomic mass is 16.1. The van der Waals surface area contributed by atoms with Gasteiger partial charge in [-0.2, -0.15) is 0 Å². The molecular weight excluding hydrogens is 312 g/mol. The zero-order valence-electron chi connectivity index (χ0n) is 13.6. The van der Waals surface area contributed by atoms with Gasteiger partial charge in [0, 0.05) is 47.4 Å². The Balaban J connectivity index is 1.53. The molecule has 2 aromatic heterocycles. The van der Waals surface area contributed by atoms with Crippen LogP contribution in [0.2, 0.25) is 0 Å². The molecule has 2 aliphatic rings. The van der Waals surface area contributed by atoms with Gasteiger partial charge in [-0.15, -0.1) is 0 Å². The molecule has 1 aliphatic heterocycles. The van der Waals surface area contributed by atoms with Crippen LogP contribution < -0.4 is 4.90 Å². The molecule has 3 aromatic rings. The lowest BCUT2D eigenvalue weighted by Gasteiger charge is -2.17. The third-order valence-electron chi connectivity index (χ3n) is 5.17. The van der Waals surface area contributed by atoms with E-state index in [9.17, 15) is 4.79 Å². The smallest absolute Gasteiger partial charge is 0.229 e. The molecule has 0 atom stereocenters. The Hall–Kier alpha value is -3.08. The maximum atomic E-state index is 11.2. The first-order chi connectivity index (χ1) is 12.3. The van der Waals surface area contributed by atoms with E-state index in [0.717, 1.165) is 29.8 Å². The Morgan fingerprint density at radius 2 is 1.88 bits per heavy atom. The van der Waals surface area contributed by atoms with Crippen LogP contribution in [0.4, 0.5) is 11.6 Å². The van der Waals surface area contributed by atoms with Gasteiger partial charge in [0.15, 0.2) is 0 Å². The molecule has 0 unspecified atom stereocenters. The molecule has 5 nitrogen and oxygen atoms in total. The number of benzene rings is 1. The fourth-order valence-corrected chi connectivity index (χ4v) is 3.65. The summed E-state index contributed by atoms with van der Waals surface area (Å²) in [5.74, 6) is 0.674. The summed E-state index contributed by atoms with van der Waals surface area (Å²) in [4.78, 5) is 26.8. The largest absolute Gasteiger partial charge is 0.309 e. The van der Waals surface area contributed by atoms with Crippen molar-refractivity contribution in [3.8, 4) is 11.3 Å². The maximum Gasteiger partial charge on any atom is 0.229 e. The van der Waals surface area contributed by atoms with E-state index in [4.69, 9.17) is 0 Å². The standard InChI is InChI=1S/C20H16N4O/c25-12-14-4-5-16-18(9-14)24(13-20(16)6-7-20)19-22-10-15(11-23-19)17-3-1-2-8-21-17/h1-5,8-12H,6-7,13H2. The lowest BCUT2D eigenvalue weighted by atomic mass is 9.98. The zero-order chi connectivity index (χ0) is 16.9. The topological polar surface area (TPSA) is 59.0 Å². The Morgan fingerprint density at radius 3 is 2.56 bits per heavy atom. The molecule has 0 bridgehead atoms. The number of aromatic nitrogens is 3. The van der Waals surface area contributed by atoms with Crippen LogP contribution in [-0.4, -0.2) is 27.8 Å². The monoisotopic (exact) mass is 328 g/mol. The first kappa shape index (κ1) is 14.3. The highest BCUT2D eigenvalue weighted by Gasteiger charge is 2.52. The van der Waals surface area contributed by atoms with Crippen molar-refractivity contribution in [2.45, 2.75) is 18.3 Å². The normalized spacial score (nSPS) is 16.7. The number of aldehydes is 1. The zero-order valence-corrected chi connectivity index (χ0v) is 13.6. The Bertz CT molecular complexity index is 949. The Morgan fingerprint density at radius 1 is 1.04 bits per heavy atom. The van der Waals surface area contributed by atoms with E-state index in [0.29, 0.717) is 11.5 Å². The summed E-state index contributed by atoms with van der Waals surface area (Å²) in [6, 6.07) is 11.7. The van der Waals surface area contributed by atoms with Crippen molar-refractivity contribution in [2.75, 3.05) is 11.4 Å². The van der Waals surface area contributed by atoms with E-state index in [1.54, 1.807) is 6.20 Å². The van der Waals surface area contributed by atoms with Gasteiger partial charge in [0.05, 0.1) is 5.69 Å². The van der Waals surface area contributed by atoms with Gasteiger partial charge in [-0.25, -0.2) is 9.97 Å². The third kappa shape index (κ3) is 2.23. The van der Waals surface area contributed by atoms with Crippen molar-refractivity contribution in [3.05, 3.63) is 66.1 Å². The molecule has 0 amide bonds. The number of hydrogen-bond acceptors (Lipinski definition) is 5. The lowest BCUT2D eigenvalue weighted by molar-refractivity contribution is 0.112. The van der Waals surface area contributed by atoms with Crippen molar-refractivity contribution in [1.82, 2.24) is 15.0 Å². The summed E-state index contributed by atoms with van der Waals surface area (Å²) in [7, 11) is 0. The van der Waals surface area contributed by atoms with Gasteiger partial charge in [0.25, 0.3) is 0 Å². The molecule has 0 N–H and O–H groups in total. The summed E-state index contributed by atoms with van der Waals surface area (Å²) in [5.41, 5.74) is 5.04. The van der Waals surface area contributed by atoms with E-state index in [1.165, 1.54) is 18.4 Å². The number of carbonyl (C=O) groups excluding carboxylic acids is 1. The van der Waals surface area contributed by atoms with Crippen LogP contribution in [0, 0.1) is 0 Å². The van der Waals surface area contributed by atoms with E-state index >= 15 is 0 Å². The molecule has 1 aromatic carbocycles. The maximum absolute atomic E-state index is 11.2. The first-order valence-corrected chi connectivity index (χ1v) is 8.40. The summed E-state index contributed by atoms with van der Waals surface area (Å²) >= 11 is 0. The molecular formula is C20H16N4O. The highest BCUT2D eigenvalue weighted by molar-refractivity contribution is 5.81. The second-order valence-corrected chi connectivity index (χ2v) is 6.75. The van der Waals surface area contributed by atoms with Crippen molar-refractivity contribution in [2.24, 2.45) is 0 Å². The van der Waals surface area contributed by atoms with Crippen molar-refractivity contribution in [3.63, 3.8) is 0 Å². The number of pyridine rings is 1. The minimum atomic E-state index is 0.222. The molecule has 0 saturated heterocycles. The van der Waals surface area contributed by atoms with Crippen molar-refractivity contribution < 1.29 is 4.79 Å². The van der Waals surface area contributed by atoms with Gasteiger partial charge < -0.3 is 4.90 Å². The Kier molecular flexibility index (Phi) is 2.98. The van der Waals surface area contributed by atoms with Crippen LogP contribution in [0.5, 0.6) is 0 Å². The number of nitrogens with zero attached hydrogens (tertiary/aromatic N) is 4. The molecule has 0 radical (unpaired) electrons. The summed E-state index contributed by atoms with van der Waals surface area (Å²) in [6.45, 7) is 0.883. The van der Waals surface area contributed by atoms with Crippen LogP contribution in [0.15, 0.2) is 55.0 Å². The average Bonchev–Trinajstić information content (AvgIpc) is 3.39. The molecule has 1 fully saturated rings. The number of rotatable bonds is 3. The van der Waals surface area contributed by atoms with E-state index < -0.39 is 0 Å². The van der Waals surface area contributed by atoms with Gasteiger partial charge in [-0.05, 0) is 36.6 Å². The second kappa shape index (κ2) is 5.21. The van der Waals surface area contributed by atoms with Crippen LogP contribution in [-0.2, 0) is 5.41 Å². The highest BCUT2D eigenvalue weighted by Crippen LogP contribution is 2.57. The molecule has 1 aliphatic carbocycles. The van der Waals surface area contributed by atoms with Crippen LogP contribution in [0.3, 0.4) is 0 Å². The number of fused-ring (bicyclic) bond motifs is 2. The first-order valence-electron chi connectivity index (χ1n) is 8.40. The van der Waals surface area contributed by atoms with Gasteiger partial charge in [-0.1, -0.05) is 18.2 Å². The fraction of sp³-hybridized carbons (Fsp3) is 0.200. The number of anilines is 2. The number of carbonyl (C=O) groups is 1. The summed E-state index contributed by atoms with van der Waals surface area (Å²) < 4.78 is 0. The van der Waals surface area contributed by atoms with Crippen molar-refractivity contribution in [1.29, 1.82) is 0 Å². The van der Waals surface area contributed by atoms with Crippen molar-refractivity contribution >= 4 is 17.9 Å². The quantitative estimate of drug-likeness (QED) is 0.688. The van der Waals surface area contributed by atoms with Gasteiger partial charge in [-0.3, -0.25) is 9.78 Å². The Labute approximate surface area is 145 Å². The summed E-state index contributed by atoms with van der Waals surface area (Å²) in [5, 5.41) is 0. The van der Waals surface area contributed by atoms with Gasteiger partial charge in [0.2, 0.25) is 5.95 Å². The van der Waals surface area contributed by atoms with E-state index in [2.05, 4.69) is 25.9 Å². The predicted molar refractivity (Wildman–Crippen MR) is 95.0 cm³/mol. The molecule has 1 spiro atoms. The molecule has 3 heterocycles. The second-order valence-electron chi connectivity index (χ2n) is 6.75. The van der Waals surface area contributed by atoms with Gasteiger partial charge in [0.1, 0.15) is 6.29 Å². The molecule has 25 heavy (non-hydrogen) atoms. The van der Waals surface area contributed by atoms with E-state index in [1.807, 2.05) is 42.7 Å². The minimum absolute atomic E-state index is 0.222. The van der Waals surface area contributed by atoms with E-state index in [-0.39, 0.29) is 5.41 Å². The SMILES string of the molecule is O=Cc1ccc2c(c1)N(c1ncc(-c3ccccn3)cn1)CC21CC1. The average molecular weight is 328 g/mol. The van der Waals surface area contributed by atoms with Crippen LogP contribution in [0.25, 0.3) is 11.3 Å². The predicted octanol–water partition coefficient (Wildman–Crippen LogP) is 3.53. The number of hydrogen-bond donors (Lipinski definition) is 0. The molecule has 5 heteroatoms. The molecule has 122 valence electrons. The van der Waals surface area contributed by atoms with Gasteiger partial charge >= 0.3 is 0 Å². The molecule has 5 rings (SSSR count). The molecule has 1 saturated carbocycles. The van der Waals surface area contributed by atoms with Crippen LogP contribution in [0.1, 0.15) is 28.8 Å². The van der Waals surface area contributed by atoms with Crippen LogP contribution >= 0.6 is 0 Å². The third-order valence-corrected chi connectivity index (χ3v) is 5.17. The minimum Gasteiger partial charge on any atom is -0.309 e. The lowest BCUT2D eigenvalue weighted by Crippen LogP contribution is -2.21. The fourth-order valence-electron chi connectivity index (χ4n) is 3.65.